The molecular formula is C24H36N4O7. The number of aryl methyl sites for hydroxylation is 1. The number of carbonyl (C=O) groups is 3. The summed E-state index contributed by atoms with van der Waals surface area (Å²) in [7, 11) is 1.88. The number of nitrogens with two attached hydrogens (primary N) is 1. The van der Waals surface area contributed by atoms with Gasteiger partial charge >= 0.3 is 0 Å². The fourth-order valence-corrected chi connectivity index (χ4v) is 3.55. The van der Waals surface area contributed by atoms with Crippen molar-refractivity contribution in [3.8, 4) is 5.75 Å². The van der Waals surface area contributed by atoms with Crippen LogP contribution in [0, 0.1) is 5.92 Å². The smallest absolute Gasteiger partial charge is 0.300 e. The summed E-state index contributed by atoms with van der Waals surface area (Å²) in [5.74, 6) is -0.00392. The molecule has 0 spiro atoms. The number of carboxylic acid groups (broad SMARTS) is 2. The van der Waals surface area contributed by atoms with Crippen molar-refractivity contribution in [2.24, 2.45) is 18.7 Å². The monoisotopic (exact) mass is 492 g/mol. The molecular weight excluding hydrogens is 456 g/mol. The highest BCUT2D eigenvalue weighted by molar-refractivity contribution is 5.79. The number of likely N-dealkylation sites (tertiary alicyclic amines) is 1. The Morgan fingerprint density at radius 2 is 1.77 bits per heavy atom. The van der Waals surface area contributed by atoms with Crippen LogP contribution in [0.15, 0.2) is 36.7 Å². The van der Waals surface area contributed by atoms with Crippen molar-refractivity contribution in [2.75, 3.05) is 26.2 Å². The van der Waals surface area contributed by atoms with Crippen LogP contribution in [0.2, 0.25) is 0 Å². The van der Waals surface area contributed by atoms with Crippen LogP contribution in [-0.2, 0) is 27.9 Å². The minimum atomic E-state index is -0.833. The third-order valence-electron chi connectivity index (χ3n) is 5.10. The van der Waals surface area contributed by atoms with Crippen LogP contribution in [0.25, 0.3) is 0 Å². The van der Waals surface area contributed by atoms with E-state index in [1.165, 1.54) is 0 Å². The van der Waals surface area contributed by atoms with E-state index in [1.54, 1.807) is 6.20 Å². The molecule has 1 atom stereocenters. The summed E-state index contributed by atoms with van der Waals surface area (Å²) < 4.78 is 7.37. The van der Waals surface area contributed by atoms with Crippen LogP contribution < -0.4 is 10.5 Å². The standard InChI is InChI=1S/C20H28N4O3.2C2H4O2/c1-23-11-8-22-20(23)19(26)16-5-9-24(10-6-16)18(25)14-15-3-2-4-17(13-15)27-12-7-21;2*1-2(3)4/h2-4,8,11,13,16,19,26H,5-7,9-10,12,14,21H2,1H3;2*1H3,(H,3,4). The molecule has 1 aliphatic rings. The number of aromatic nitrogens is 2. The molecule has 3 rings (SSSR count). The Labute approximate surface area is 205 Å². The number of piperidine rings is 1. The second-order valence-electron chi connectivity index (χ2n) is 8.06. The molecule has 35 heavy (non-hydrogen) atoms. The summed E-state index contributed by atoms with van der Waals surface area (Å²) in [5, 5.41) is 25.4. The van der Waals surface area contributed by atoms with E-state index in [0.717, 1.165) is 38.0 Å². The van der Waals surface area contributed by atoms with Crippen molar-refractivity contribution in [3.63, 3.8) is 0 Å². The number of benzene rings is 1. The topological polar surface area (TPSA) is 168 Å². The van der Waals surface area contributed by atoms with Gasteiger partial charge in [-0.2, -0.15) is 0 Å². The van der Waals surface area contributed by atoms with Crippen molar-refractivity contribution in [2.45, 2.75) is 39.2 Å². The molecule has 2 aromatic rings. The Morgan fingerprint density at radius 1 is 1.17 bits per heavy atom. The number of hydrogen-bond donors (Lipinski definition) is 4. The average molecular weight is 493 g/mol. The number of carboxylic acids is 2. The number of hydrogen-bond acceptors (Lipinski definition) is 7. The lowest BCUT2D eigenvalue weighted by Gasteiger charge is -2.34. The lowest BCUT2D eigenvalue weighted by Crippen LogP contribution is -2.40. The van der Waals surface area contributed by atoms with Gasteiger partial charge < -0.3 is 35.3 Å². The molecule has 1 unspecified atom stereocenters. The van der Waals surface area contributed by atoms with Gasteiger partial charge in [-0.1, -0.05) is 12.1 Å². The minimum absolute atomic E-state index is 0.107. The molecule has 1 amide bonds. The van der Waals surface area contributed by atoms with Crippen LogP contribution in [-0.4, -0.2) is 73.9 Å². The highest BCUT2D eigenvalue weighted by Crippen LogP contribution is 2.30. The second-order valence-corrected chi connectivity index (χ2v) is 8.06. The van der Waals surface area contributed by atoms with E-state index < -0.39 is 18.0 Å². The zero-order valence-electron chi connectivity index (χ0n) is 20.5. The van der Waals surface area contributed by atoms with Gasteiger partial charge in [0.15, 0.2) is 0 Å². The minimum Gasteiger partial charge on any atom is -0.492 e. The van der Waals surface area contributed by atoms with Crippen LogP contribution >= 0.6 is 0 Å². The maximum absolute atomic E-state index is 12.6. The molecule has 1 fully saturated rings. The molecule has 0 radical (unpaired) electrons. The third kappa shape index (κ3) is 11.5. The number of carbonyl (C=O) groups excluding carboxylic acids is 1. The molecule has 11 heteroatoms. The highest BCUT2D eigenvalue weighted by Gasteiger charge is 2.30. The number of aliphatic carboxylic acids is 2. The second kappa shape index (κ2) is 15.5. The van der Waals surface area contributed by atoms with Crippen molar-refractivity contribution < 1.29 is 34.4 Å². The van der Waals surface area contributed by atoms with Gasteiger partial charge in [0, 0.05) is 52.9 Å². The van der Waals surface area contributed by atoms with Crippen molar-refractivity contribution in [3.05, 3.63) is 48.0 Å². The predicted octanol–water partition coefficient (Wildman–Crippen LogP) is 1.45. The quantitative estimate of drug-likeness (QED) is 0.447. The van der Waals surface area contributed by atoms with Gasteiger partial charge in [-0.15, -0.1) is 0 Å². The first-order valence-electron chi connectivity index (χ1n) is 11.3. The third-order valence-corrected chi connectivity index (χ3v) is 5.10. The summed E-state index contributed by atoms with van der Waals surface area (Å²) in [6.45, 7) is 4.41. The Bertz CT molecular complexity index is 919. The molecule has 5 N–H and O–H groups in total. The van der Waals surface area contributed by atoms with Crippen molar-refractivity contribution >= 4 is 17.8 Å². The molecule has 0 saturated carbocycles. The summed E-state index contributed by atoms with van der Waals surface area (Å²) >= 11 is 0. The fourth-order valence-electron chi connectivity index (χ4n) is 3.55. The molecule has 2 heterocycles. The average Bonchev–Trinajstić information content (AvgIpc) is 3.22. The first-order valence-corrected chi connectivity index (χ1v) is 11.3. The Morgan fingerprint density at radius 3 is 2.29 bits per heavy atom. The molecule has 11 nitrogen and oxygen atoms in total. The van der Waals surface area contributed by atoms with Gasteiger partial charge in [-0.25, -0.2) is 4.98 Å². The number of nitrogens with zero attached hydrogens (tertiary/aromatic N) is 3. The summed E-state index contributed by atoms with van der Waals surface area (Å²) in [6, 6.07) is 7.59. The van der Waals surface area contributed by atoms with Crippen LogP contribution in [0.4, 0.5) is 0 Å². The van der Waals surface area contributed by atoms with Crippen LogP contribution in [0.1, 0.15) is 44.2 Å². The molecule has 1 aromatic heterocycles. The number of aliphatic hydroxyl groups is 1. The SMILES string of the molecule is CC(=O)O.CC(=O)O.Cn1ccnc1C(O)C1CCN(C(=O)Cc2cccc(OCCN)c2)CC1. The molecule has 1 saturated heterocycles. The van der Waals surface area contributed by atoms with Crippen LogP contribution in [0.3, 0.4) is 0 Å². The van der Waals surface area contributed by atoms with E-state index in [2.05, 4.69) is 4.98 Å². The molecule has 0 aliphatic carbocycles. The Kier molecular flexibility index (Phi) is 13.1. The maximum Gasteiger partial charge on any atom is 0.300 e. The molecule has 1 aromatic carbocycles. The number of amides is 1. The van der Waals surface area contributed by atoms with E-state index in [1.807, 2.05) is 47.0 Å². The highest BCUT2D eigenvalue weighted by atomic mass is 16.5. The summed E-state index contributed by atoms with van der Waals surface area (Å²) in [6.07, 6.45) is 4.86. The van der Waals surface area contributed by atoms with Crippen molar-refractivity contribution in [1.82, 2.24) is 14.5 Å². The zero-order valence-corrected chi connectivity index (χ0v) is 20.5. The van der Waals surface area contributed by atoms with Gasteiger partial charge in [0.05, 0.1) is 6.42 Å². The largest absolute Gasteiger partial charge is 0.492 e. The zero-order chi connectivity index (χ0) is 26.4. The number of rotatable bonds is 7. The lowest BCUT2D eigenvalue weighted by atomic mass is 9.90. The Balaban J connectivity index is 0.000000668. The van der Waals surface area contributed by atoms with E-state index in [9.17, 15) is 9.90 Å². The van der Waals surface area contributed by atoms with Gasteiger partial charge in [0.1, 0.15) is 24.3 Å². The Hall–Kier alpha value is -3.44. The molecule has 1 aliphatic heterocycles. The van der Waals surface area contributed by atoms with Gasteiger partial charge in [0.25, 0.3) is 11.9 Å². The lowest BCUT2D eigenvalue weighted by molar-refractivity contribution is -0.135. The molecule has 194 valence electrons. The maximum atomic E-state index is 12.6. The predicted molar refractivity (Wildman–Crippen MR) is 129 cm³/mol. The normalized spacial score (nSPS) is 14.0. The summed E-state index contributed by atoms with van der Waals surface area (Å²) in [4.78, 5) is 36.8. The van der Waals surface area contributed by atoms with Crippen molar-refractivity contribution in [1.29, 1.82) is 0 Å². The van der Waals surface area contributed by atoms with Gasteiger partial charge in [-0.05, 0) is 36.5 Å². The van der Waals surface area contributed by atoms with E-state index >= 15 is 0 Å². The number of aliphatic hydroxyl groups excluding tert-OH is 1. The number of imidazole rings is 1. The van der Waals surface area contributed by atoms with E-state index in [-0.39, 0.29) is 11.8 Å². The van der Waals surface area contributed by atoms with E-state index in [4.69, 9.17) is 30.3 Å². The first kappa shape index (κ1) is 29.6. The number of ether oxygens (including phenoxy) is 1. The molecule has 0 bridgehead atoms. The summed E-state index contributed by atoms with van der Waals surface area (Å²) in [5.41, 5.74) is 6.39. The van der Waals surface area contributed by atoms with E-state index in [0.29, 0.717) is 38.5 Å². The van der Waals surface area contributed by atoms with Crippen LogP contribution in [0.5, 0.6) is 5.75 Å². The first-order chi connectivity index (χ1) is 16.5. The van der Waals surface area contributed by atoms with Gasteiger partial charge in [-0.3, -0.25) is 14.4 Å². The fraction of sp³-hybridized carbons (Fsp3) is 0.500. The van der Waals surface area contributed by atoms with Gasteiger partial charge in [0.2, 0.25) is 5.91 Å².